The van der Waals surface area contributed by atoms with Gasteiger partial charge in [0.05, 0.1) is 9.82 Å². The van der Waals surface area contributed by atoms with E-state index in [1.54, 1.807) is 17.0 Å². The molecule has 1 amide bonds. The molecular formula is C21H19N3O5S. The van der Waals surface area contributed by atoms with Gasteiger partial charge in [0.1, 0.15) is 0 Å². The van der Waals surface area contributed by atoms with Crippen LogP contribution in [0, 0.1) is 10.1 Å². The number of nitrogens with two attached hydrogens (primary N) is 1. The summed E-state index contributed by atoms with van der Waals surface area (Å²) in [5.41, 5.74) is 1.61. The molecule has 0 atom stereocenters. The molecule has 0 aliphatic carbocycles. The Morgan fingerprint density at radius 3 is 2.07 bits per heavy atom. The number of carbonyl (C=O) groups is 1. The summed E-state index contributed by atoms with van der Waals surface area (Å²) in [6.07, 6.45) is 0. The number of hydrogen-bond acceptors (Lipinski definition) is 5. The molecule has 3 rings (SSSR count). The van der Waals surface area contributed by atoms with Crippen molar-refractivity contribution in [2.75, 3.05) is 0 Å². The maximum atomic E-state index is 13.1. The second-order valence-electron chi connectivity index (χ2n) is 6.64. The molecule has 0 radical (unpaired) electrons. The van der Waals surface area contributed by atoms with Crippen LogP contribution in [-0.4, -0.2) is 24.1 Å². The molecule has 0 aliphatic heterocycles. The van der Waals surface area contributed by atoms with Gasteiger partial charge in [0.15, 0.2) is 0 Å². The number of hydrogen-bond donors (Lipinski definition) is 1. The maximum Gasteiger partial charge on any atom is 0.270 e. The van der Waals surface area contributed by atoms with E-state index in [0.29, 0.717) is 5.56 Å². The van der Waals surface area contributed by atoms with E-state index < -0.39 is 14.9 Å². The molecule has 0 aromatic heterocycles. The van der Waals surface area contributed by atoms with E-state index in [4.69, 9.17) is 5.14 Å². The summed E-state index contributed by atoms with van der Waals surface area (Å²) in [6.45, 7) is 0.459. The van der Waals surface area contributed by atoms with Crippen LogP contribution < -0.4 is 5.14 Å². The number of benzene rings is 3. The minimum Gasteiger partial charge on any atom is -0.330 e. The lowest BCUT2D eigenvalue weighted by Gasteiger charge is -2.23. The number of nitro benzene ring substituents is 1. The van der Waals surface area contributed by atoms with Crippen LogP contribution in [0.15, 0.2) is 83.8 Å². The Balaban J connectivity index is 1.91. The highest BCUT2D eigenvalue weighted by Crippen LogP contribution is 2.19. The molecular weight excluding hydrogens is 406 g/mol. The molecule has 154 valence electrons. The fourth-order valence-corrected chi connectivity index (χ4v) is 3.46. The molecule has 0 aliphatic rings. The largest absolute Gasteiger partial charge is 0.330 e. The van der Waals surface area contributed by atoms with Crippen molar-refractivity contribution in [1.29, 1.82) is 0 Å². The first-order valence-electron chi connectivity index (χ1n) is 8.93. The van der Waals surface area contributed by atoms with Gasteiger partial charge < -0.3 is 4.90 Å². The second kappa shape index (κ2) is 8.85. The van der Waals surface area contributed by atoms with Crippen LogP contribution in [0.2, 0.25) is 0 Å². The summed E-state index contributed by atoms with van der Waals surface area (Å²) in [5, 5.41) is 16.2. The average molecular weight is 425 g/mol. The Morgan fingerprint density at radius 2 is 1.50 bits per heavy atom. The zero-order valence-corrected chi connectivity index (χ0v) is 16.7. The average Bonchev–Trinajstić information content (AvgIpc) is 2.73. The van der Waals surface area contributed by atoms with E-state index in [1.165, 1.54) is 36.4 Å². The molecule has 0 heterocycles. The smallest absolute Gasteiger partial charge is 0.270 e. The minimum absolute atomic E-state index is 0.0223. The first-order valence-corrected chi connectivity index (χ1v) is 10.5. The molecule has 8 nitrogen and oxygen atoms in total. The number of nitro groups is 1. The molecule has 0 fully saturated rings. The van der Waals surface area contributed by atoms with Crippen molar-refractivity contribution in [3.8, 4) is 0 Å². The zero-order chi connectivity index (χ0) is 21.7. The monoisotopic (exact) mass is 425 g/mol. The molecule has 3 aromatic rings. The third kappa shape index (κ3) is 5.28. The SMILES string of the molecule is NS(=O)(=O)c1ccc(CN(Cc2ccccc2)C(=O)c2cccc([N+](=O)[O-])c2)cc1. The van der Waals surface area contributed by atoms with Gasteiger partial charge in [-0.25, -0.2) is 13.6 Å². The van der Waals surface area contributed by atoms with Crippen LogP contribution in [0.4, 0.5) is 5.69 Å². The Kier molecular flexibility index (Phi) is 6.24. The summed E-state index contributed by atoms with van der Waals surface area (Å²) in [4.78, 5) is 25.2. The van der Waals surface area contributed by atoms with Gasteiger partial charge in [0.2, 0.25) is 10.0 Å². The number of non-ortho nitro benzene ring substituents is 1. The van der Waals surface area contributed by atoms with E-state index in [2.05, 4.69) is 0 Å². The van der Waals surface area contributed by atoms with E-state index >= 15 is 0 Å². The Hall–Kier alpha value is -3.56. The van der Waals surface area contributed by atoms with Crippen molar-refractivity contribution in [2.24, 2.45) is 5.14 Å². The summed E-state index contributed by atoms with van der Waals surface area (Å²) in [7, 11) is -3.81. The first-order chi connectivity index (χ1) is 14.2. The number of amides is 1. The number of primary sulfonamides is 1. The molecule has 0 unspecified atom stereocenters. The van der Waals surface area contributed by atoms with Crippen LogP contribution in [0.3, 0.4) is 0 Å². The highest BCUT2D eigenvalue weighted by Gasteiger charge is 2.19. The fourth-order valence-electron chi connectivity index (χ4n) is 2.94. The highest BCUT2D eigenvalue weighted by molar-refractivity contribution is 7.89. The molecule has 0 saturated heterocycles. The van der Waals surface area contributed by atoms with Crippen LogP contribution in [-0.2, 0) is 23.1 Å². The molecule has 2 N–H and O–H groups in total. The number of sulfonamides is 1. The lowest BCUT2D eigenvalue weighted by Crippen LogP contribution is -2.30. The van der Waals surface area contributed by atoms with Crippen LogP contribution in [0.25, 0.3) is 0 Å². The van der Waals surface area contributed by atoms with Gasteiger partial charge in [0, 0.05) is 30.8 Å². The predicted molar refractivity (Wildman–Crippen MR) is 111 cm³/mol. The van der Waals surface area contributed by atoms with Gasteiger partial charge in [-0.3, -0.25) is 14.9 Å². The number of nitrogens with zero attached hydrogens (tertiary/aromatic N) is 2. The minimum atomic E-state index is -3.81. The van der Waals surface area contributed by atoms with Crippen LogP contribution in [0.1, 0.15) is 21.5 Å². The standard InChI is InChI=1S/C21H19N3O5S/c22-30(28,29)20-11-9-17(10-12-20)15-23(14-16-5-2-1-3-6-16)21(25)18-7-4-8-19(13-18)24(26)27/h1-13H,14-15H2,(H2,22,28,29). The Bertz CT molecular complexity index is 1160. The van der Waals surface area contributed by atoms with Crippen molar-refractivity contribution < 1.29 is 18.1 Å². The van der Waals surface area contributed by atoms with E-state index in [0.717, 1.165) is 5.56 Å². The van der Waals surface area contributed by atoms with Gasteiger partial charge in [-0.1, -0.05) is 48.5 Å². The van der Waals surface area contributed by atoms with Crippen molar-refractivity contribution in [3.63, 3.8) is 0 Å². The predicted octanol–water partition coefficient (Wildman–Crippen LogP) is 3.08. The summed E-state index contributed by atoms with van der Waals surface area (Å²) >= 11 is 0. The second-order valence-corrected chi connectivity index (χ2v) is 8.20. The third-order valence-electron chi connectivity index (χ3n) is 4.43. The molecule has 3 aromatic carbocycles. The lowest BCUT2D eigenvalue weighted by molar-refractivity contribution is -0.384. The van der Waals surface area contributed by atoms with Gasteiger partial charge in [0.25, 0.3) is 11.6 Å². The molecule has 0 bridgehead atoms. The van der Waals surface area contributed by atoms with Gasteiger partial charge in [-0.15, -0.1) is 0 Å². The van der Waals surface area contributed by atoms with Crippen molar-refractivity contribution >= 4 is 21.6 Å². The van der Waals surface area contributed by atoms with E-state index in [9.17, 15) is 23.3 Å². The molecule has 9 heteroatoms. The summed E-state index contributed by atoms with van der Waals surface area (Å²) in [5.74, 6) is -0.377. The van der Waals surface area contributed by atoms with Crippen LogP contribution >= 0.6 is 0 Å². The Labute approximate surface area is 173 Å². The molecule has 30 heavy (non-hydrogen) atoms. The van der Waals surface area contributed by atoms with Gasteiger partial charge >= 0.3 is 0 Å². The highest BCUT2D eigenvalue weighted by atomic mass is 32.2. The molecule has 0 spiro atoms. The first kappa shape index (κ1) is 21.2. The molecule has 0 saturated carbocycles. The number of rotatable bonds is 7. The third-order valence-corrected chi connectivity index (χ3v) is 5.36. The summed E-state index contributed by atoms with van der Waals surface area (Å²) in [6, 6.07) is 20.8. The van der Waals surface area contributed by atoms with Crippen LogP contribution in [0.5, 0.6) is 0 Å². The lowest BCUT2D eigenvalue weighted by atomic mass is 10.1. The normalized spacial score (nSPS) is 11.1. The zero-order valence-electron chi connectivity index (χ0n) is 15.8. The van der Waals surface area contributed by atoms with E-state index in [-0.39, 0.29) is 35.1 Å². The van der Waals surface area contributed by atoms with Crippen molar-refractivity contribution in [2.45, 2.75) is 18.0 Å². The van der Waals surface area contributed by atoms with Crippen molar-refractivity contribution in [1.82, 2.24) is 4.90 Å². The van der Waals surface area contributed by atoms with Crippen molar-refractivity contribution in [3.05, 3.63) is 106 Å². The van der Waals surface area contributed by atoms with E-state index in [1.807, 2.05) is 30.3 Å². The topological polar surface area (TPSA) is 124 Å². The maximum absolute atomic E-state index is 13.1. The number of carbonyl (C=O) groups excluding carboxylic acids is 1. The fraction of sp³-hybridized carbons (Fsp3) is 0.0952. The summed E-state index contributed by atoms with van der Waals surface area (Å²) < 4.78 is 22.9. The quantitative estimate of drug-likeness (QED) is 0.460. The Morgan fingerprint density at radius 1 is 0.900 bits per heavy atom. The van der Waals surface area contributed by atoms with Gasteiger partial charge in [-0.05, 0) is 29.3 Å². The van der Waals surface area contributed by atoms with Gasteiger partial charge in [-0.2, -0.15) is 0 Å².